The number of carbonyl (C=O) groups excluding carboxylic acids is 2. The number of benzene rings is 2. The minimum atomic E-state index is -1.37. The highest BCUT2D eigenvalue weighted by atomic mass is 16.7. The van der Waals surface area contributed by atoms with Gasteiger partial charge >= 0.3 is 11.9 Å². The second kappa shape index (κ2) is 10.1. The molecule has 0 N–H and O–H groups in total. The van der Waals surface area contributed by atoms with Gasteiger partial charge in [0.25, 0.3) is 0 Å². The van der Waals surface area contributed by atoms with Crippen LogP contribution >= 0.6 is 0 Å². The van der Waals surface area contributed by atoms with Crippen molar-refractivity contribution in [3.8, 4) is 17.2 Å². The third-order valence-corrected chi connectivity index (χ3v) is 9.01. The maximum atomic E-state index is 13.8. The van der Waals surface area contributed by atoms with Crippen molar-refractivity contribution in [3.63, 3.8) is 0 Å². The Kier molecular flexibility index (Phi) is 6.42. The van der Waals surface area contributed by atoms with E-state index in [9.17, 15) is 9.59 Å². The average molecular weight is 560 g/mol. The number of rotatable bonds is 8. The summed E-state index contributed by atoms with van der Waals surface area (Å²) in [5, 5.41) is 0. The highest BCUT2D eigenvalue weighted by Gasteiger charge is 2.60. The van der Waals surface area contributed by atoms with E-state index in [1.54, 1.807) is 13.2 Å². The summed E-state index contributed by atoms with van der Waals surface area (Å²) in [4.78, 5) is 28.3. The van der Waals surface area contributed by atoms with Gasteiger partial charge in [0, 0.05) is 13.0 Å². The SMILES string of the molecule is COC1=C[C@]23CCCN2CCc2cc4c(cc2[C@@H]3[C@@H]1OC(=O)[C@@]1(C/C=C/COc2ccccc2)CC(=O)O1)OCO4. The van der Waals surface area contributed by atoms with E-state index in [-0.39, 0.29) is 31.1 Å². The van der Waals surface area contributed by atoms with E-state index >= 15 is 0 Å². The van der Waals surface area contributed by atoms with Crippen LogP contribution in [0.5, 0.6) is 17.2 Å². The molecule has 0 radical (unpaired) electrons. The molecular formula is C32H33NO8. The van der Waals surface area contributed by atoms with Gasteiger partial charge in [0.2, 0.25) is 12.4 Å². The lowest BCUT2D eigenvalue weighted by molar-refractivity contribution is -0.210. The summed E-state index contributed by atoms with van der Waals surface area (Å²) in [7, 11) is 1.61. The Morgan fingerprint density at radius 3 is 2.71 bits per heavy atom. The Hall–Kier alpha value is -3.98. The highest BCUT2D eigenvalue weighted by Crippen LogP contribution is 2.56. The lowest BCUT2D eigenvalue weighted by atomic mass is 9.77. The van der Waals surface area contributed by atoms with Crippen molar-refractivity contribution in [3.05, 3.63) is 77.6 Å². The van der Waals surface area contributed by atoms with Crippen LogP contribution in [0.3, 0.4) is 0 Å². The van der Waals surface area contributed by atoms with E-state index in [0.29, 0.717) is 18.1 Å². The number of nitrogens with zero attached hydrogens (tertiary/aromatic N) is 1. The smallest absolute Gasteiger partial charge is 0.352 e. The molecule has 0 aromatic heterocycles. The Morgan fingerprint density at radius 1 is 1.12 bits per heavy atom. The number of fused-ring (bicyclic) bond motifs is 3. The quantitative estimate of drug-likeness (QED) is 0.351. The Labute approximate surface area is 238 Å². The van der Waals surface area contributed by atoms with Crippen molar-refractivity contribution < 1.29 is 38.0 Å². The summed E-state index contributed by atoms with van der Waals surface area (Å²) in [5.41, 5.74) is 0.531. The van der Waals surface area contributed by atoms with Gasteiger partial charge in [0.05, 0.1) is 25.0 Å². The van der Waals surface area contributed by atoms with Crippen molar-refractivity contribution in [2.24, 2.45) is 0 Å². The van der Waals surface area contributed by atoms with Crippen LogP contribution in [-0.4, -0.2) is 67.7 Å². The Bertz CT molecular complexity index is 1410. The number of carbonyl (C=O) groups is 2. The Balaban J connectivity index is 1.15. The lowest BCUT2D eigenvalue weighted by Gasteiger charge is -2.41. The van der Waals surface area contributed by atoms with Crippen LogP contribution < -0.4 is 14.2 Å². The van der Waals surface area contributed by atoms with Crippen molar-refractivity contribution in [1.29, 1.82) is 0 Å². The molecule has 7 rings (SSSR count). The average Bonchev–Trinajstić information content (AvgIpc) is 3.65. The largest absolute Gasteiger partial charge is 0.497 e. The number of esters is 2. The van der Waals surface area contributed by atoms with Crippen LogP contribution in [0.4, 0.5) is 0 Å². The predicted molar refractivity (Wildman–Crippen MR) is 147 cm³/mol. The molecule has 4 atom stereocenters. The number of hydrogen-bond donors (Lipinski definition) is 0. The molecule has 0 saturated carbocycles. The molecule has 2 fully saturated rings. The van der Waals surface area contributed by atoms with E-state index < -0.39 is 23.6 Å². The molecule has 4 aliphatic heterocycles. The van der Waals surface area contributed by atoms with E-state index in [0.717, 1.165) is 55.0 Å². The molecule has 2 aromatic rings. The summed E-state index contributed by atoms with van der Waals surface area (Å²) in [6.45, 7) is 2.37. The molecule has 4 heterocycles. The molecule has 41 heavy (non-hydrogen) atoms. The molecule has 2 saturated heterocycles. The van der Waals surface area contributed by atoms with Crippen molar-refractivity contribution in [2.75, 3.05) is 33.6 Å². The maximum absolute atomic E-state index is 13.8. The van der Waals surface area contributed by atoms with Crippen molar-refractivity contribution in [2.45, 2.75) is 55.3 Å². The van der Waals surface area contributed by atoms with Crippen LogP contribution in [0.2, 0.25) is 0 Å². The summed E-state index contributed by atoms with van der Waals surface area (Å²) >= 11 is 0. The molecule has 1 aliphatic carbocycles. The monoisotopic (exact) mass is 559 g/mol. The summed E-state index contributed by atoms with van der Waals surface area (Å²) in [6.07, 6.45) is 8.10. The van der Waals surface area contributed by atoms with Crippen LogP contribution in [0, 0.1) is 0 Å². The van der Waals surface area contributed by atoms with Gasteiger partial charge in [-0.05, 0) is 67.3 Å². The minimum absolute atomic E-state index is 0.0360. The van der Waals surface area contributed by atoms with Gasteiger partial charge in [-0.25, -0.2) is 4.79 Å². The maximum Gasteiger partial charge on any atom is 0.352 e. The summed E-state index contributed by atoms with van der Waals surface area (Å²) in [6, 6.07) is 13.6. The zero-order chi connectivity index (χ0) is 28.0. The zero-order valence-electron chi connectivity index (χ0n) is 23.0. The molecule has 1 spiro atoms. The van der Waals surface area contributed by atoms with Gasteiger partial charge in [0.1, 0.15) is 18.1 Å². The first-order chi connectivity index (χ1) is 20.0. The topological polar surface area (TPSA) is 92.8 Å². The van der Waals surface area contributed by atoms with Gasteiger partial charge in [0.15, 0.2) is 17.6 Å². The minimum Gasteiger partial charge on any atom is -0.497 e. The molecular weight excluding hydrogens is 526 g/mol. The van der Waals surface area contributed by atoms with Gasteiger partial charge < -0.3 is 28.4 Å². The second-order valence-corrected chi connectivity index (χ2v) is 11.2. The second-order valence-electron chi connectivity index (χ2n) is 11.2. The normalized spacial score (nSPS) is 29.5. The molecule has 0 bridgehead atoms. The zero-order valence-corrected chi connectivity index (χ0v) is 23.0. The van der Waals surface area contributed by atoms with E-state index in [4.69, 9.17) is 28.4 Å². The molecule has 9 nitrogen and oxygen atoms in total. The third-order valence-electron chi connectivity index (χ3n) is 9.01. The molecule has 0 unspecified atom stereocenters. The lowest BCUT2D eigenvalue weighted by Crippen LogP contribution is -2.56. The number of methoxy groups -OCH3 is 1. The van der Waals surface area contributed by atoms with Gasteiger partial charge in [-0.2, -0.15) is 0 Å². The first-order valence-corrected chi connectivity index (χ1v) is 14.2. The van der Waals surface area contributed by atoms with Gasteiger partial charge in [-0.15, -0.1) is 0 Å². The summed E-state index contributed by atoms with van der Waals surface area (Å²) < 4.78 is 34.8. The first kappa shape index (κ1) is 26.0. The van der Waals surface area contributed by atoms with E-state index in [1.807, 2.05) is 42.5 Å². The van der Waals surface area contributed by atoms with E-state index in [2.05, 4.69) is 17.0 Å². The fourth-order valence-corrected chi connectivity index (χ4v) is 7.07. The van der Waals surface area contributed by atoms with Crippen LogP contribution in [0.25, 0.3) is 0 Å². The summed E-state index contributed by atoms with van der Waals surface area (Å²) in [5.74, 6) is 1.64. The fourth-order valence-electron chi connectivity index (χ4n) is 7.07. The van der Waals surface area contributed by atoms with Gasteiger partial charge in [-0.1, -0.05) is 30.4 Å². The molecule has 9 heteroatoms. The molecule has 214 valence electrons. The van der Waals surface area contributed by atoms with Crippen LogP contribution in [-0.2, 0) is 30.2 Å². The van der Waals surface area contributed by atoms with Crippen LogP contribution in [0.15, 0.2) is 66.5 Å². The number of para-hydroxylation sites is 1. The first-order valence-electron chi connectivity index (χ1n) is 14.2. The number of cyclic esters (lactones) is 1. The number of ether oxygens (including phenoxy) is 6. The fraction of sp³-hybridized carbons (Fsp3) is 0.438. The molecule has 5 aliphatic rings. The van der Waals surface area contributed by atoms with Crippen LogP contribution in [0.1, 0.15) is 42.7 Å². The Morgan fingerprint density at radius 2 is 1.93 bits per heavy atom. The number of hydrogen-bond acceptors (Lipinski definition) is 9. The predicted octanol–water partition coefficient (Wildman–Crippen LogP) is 4.06. The third kappa shape index (κ3) is 4.34. The standard InChI is InChI=1S/C32H33NO8/c1-36-26-18-31-11-7-13-33(31)14-10-21-16-24-25(39-20-38-24)17-23(21)28(31)29(26)40-30(35)32(19-27(34)41-32)12-5-6-15-37-22-8-3-2-4-9-22/h2-6,8-9,16-18,28-29H,7,10-15,19-20H2,1H3/b6-5+/t28-,29-,31+,32-/m1/s1. The van der Waals surface area contributed by atoms with Crippen molar-refractivity contribution >= 4 is 11.9 Å². The van der Waals surface area contributed by atoms with E-state index in [1.165, 1.54) is 0 Å². The highest BCUT2D eigenvalue weighted by molar-refractivity contribution is 5.94. The van der Waals surface area contributed by atoms with Gasteiger partial charge in [-0.3, -0.25) is 9.69 Å². The van der Waals surface area contributed by atoms with Crippen molar-refractivity contribution in [1.82, 2.24) is 4.90 Å². The molecule has 2 aromatic carbocycles. The molecule has 0 amide bonds.